The second kappa shape index (κ2) is 4.45. The SMILES string of the molecule is CC(C)(C)PC#Cc1ccccc1. The minimum atomic E-state index is 0.335. The third-order valence-corrected chi connectivity index (χ3v) is 2.42. The molecule has 0 heterocycles. The summed E-state index contributed by atoms with van der Waals surface area (Å²) in [6.45, 7) is 6.64. The summed E-state index contributed by atoms with van der Waals surface area (Å²) in [7, 11) is 0.706. The minimum absolute atomic E-state index is 0.335. The average molecular weight is 190 g/mol. The van der Waals surface area contributed by atoms with E-state index in [4.69, 9.17) is 0 Å². The Morgan fingerprint density at radius 3 is 2.23 bits per heavy atom. The molecular weight excluding hydrogens is 175 g/mol. The van der Waals surface area contributed by atoms with Gasteiger partial charge in [-0.05, 0) is 25.9 Å². The molecule has 0 saturated carbocycles. The van der Waals surface area contributed by atoms with Crippen molar-refractivity contribution in [2.45, 2.75) is 25.9 Å². The predicted octanol–water partition coefficient (Wildman–Crippen LogP) is 3.47. The first-order chi connectivity index (χ1) is 6.08. The van der Waals surface area contributed by atoms with Gasteiger partial charge in [0.15, 0.2) is 0 Å². The van der Waals surface area contributed by atoms with E-state index in [1.54, 1.807) is 0 Å². The molecule has 1 aromatic carbocycles. The van der Waals surface area contributed by atoms with Crippen molar-refractivity contribution in [1.29, 1.82) is 0 Å². The molecule has 13 heavy (non-hydrogen) atoms. The lowest BCUT2D eigenvalue weighted by Gasteiger charge is -2.12. The third kappa shape index (κ3) is 4.71. The zero-order valence-electron chi connectivity index (χ0n) is 8.39. The number of hydrogen-bond donors (Lipinski definition) is 0. The zero-order chi connectivity index (χ0) is 9.73. The van der Waals surface area contributed by atoms with Crippen molar-refractivity contribution in [2.75, 3.05) is 0 Å². The Balaban J connectivity index is 2.59. The molecular formula is C12H15P. The Kier molecular flexibility index (Phi) is 3.52. The van der Waals surface area contributed by atoms with Crippen LogP contribution in [-0.4, -0.2) is 5.16 Å². The fourth-order valence-electron chi connectivity index (χ4n) is 0.812. The lowest BCUT2D eigenvalue weighted by molar-refractivity contribution is 0.800. The maximum atomic E-state index is 3.22. The van der Waals surface area contributed by atoms with Crippen LogP contribution in [0.15, 0.2) is 30.3 Å². The van der Waals surface area contributed by atoms with E-state index in [1.807, 2.05) is 30.3 Å². The van der Waals surface area contributed by atoms with E-state index in [0.717, 1.165) is 5.56 Å². The molecule has 0 spiro atoms. The highest BCUT2D eigenvalue weighted by Gasteiger charge is 2.06. The van der Waals surface area contributed by atoms with Crippen LogP contribution in [-0.2, 0) is 0 Å². The zero-order valence-corrected chi connectivity index (χ0v) is 9.39. The van der Waals surface area contributed by atoms with E-state index in [2.05, 4.69) is 32.4 Å². The molecule has 0 bridgehead atoms. The van der Waals surface area contributed by atoms with E-state index in [1.165, 1.54) is 0 Å². The highest BCUT2D eigenvalue weighted by atomic mass is 31.1. The molecule has 1 aromatic rings. The Labute approximate surface area is 82.5 Å². The maximum absolute atomic E-state index is 3.22. The summed E-state index contributed by atoms with van der Waals surface area (Å²) in [6, 6.07) is 10.1. The fourth-order valence-corrected chi connectivity index (χ4v) is 1.39. The second-order valence-corrected chi connectivity index (χ2v) is 5.99. The predicted molar refractivity (Wildman–Crippen MR) is 61.4 cm³/mol. The van der Waals surface area contributed by atoms with Crippen molar-refractivity contribution < 1.29 is 0 Å². The lowest BCUT2D eigenvalue weighted by Crippen LogP contribution is -2.02. The minimum Gasteiger partial charge on any atom is -0.0741 e. The van der Waals surface area contributed by atoms with Gasteiger partial charge in [0.25, 0.3) is 0 Å². The van der Waals surface area contributed by atoms with E-state index in [0.29, 0.717) is 13.7 Å². The second-order valence-electron chi connectivity index (χ2n) is 3.99. The molecule has 0 amide bonds. The molecule has 0 nitrogen and oxygen atoms in total. The molecule has 0 saturated heterocycles. The van der Waals surface area contributed by atoms with Gasteiger partial charge in [0.1, 0.15) is 0 Å². The van der Waals surface area contributed by atoms with Crippen LogP contribution < -0.4 is 0 Å². The Morgan fingerprint density at radius 2 is 1.69 bits per heavy atom. The lowest BCUT2D eigenvalue weighted by atomic mass is 10.2. The van der Waals surface area contributed by atoms with Gasteiger partial charge in [-0.3, -0.25) is 0 Å². The summed E-state index contributed by atoms with van der Waals surface area (Å²) in [4.78, 5) is 0. The number of hydrogen-bond acceptors (Lipinski definition) is 0. The molecule has 0 aliphatic heterocycles. The molecule has 0 radical (unpaired) electrons. The van der Waals surface area contributed by atoms with E-state index >= 15 is 0 Å². The molecule has 0 aliphatic carbocycles. The molecule has 1 atom stereocenters. The first-order valence-corrected chi connectivity index (χ1v) is 5.41. The van der Waals surface area contributed by atoms with Crippen molar-refractivity contribution in [3.63, 3.8) is 0 Å². The maximum Gasteiger partial charge on any atom is 0.0248 e. The van der Waals surface area contributed by atoms with Gasteiger partial charge in [0.2, 0.25) is 0 Å². The van der Waals surface area contributed by atoms with Crippen LogP contribution in [0.3, 0.4) is 0 Å². The van der Waals surface area contributed by atoms with Crippen LogP contribution in [0.5, 0.6) is 0 Å². The fraction of sp³-hybridized carbons (Fsp3) is 0.333. The molecule has 1 rings (SSSR count). The smallest absolute Gasteiger partial charge is 0.0248 e. The van der Waals surface area contributed by atoms with Gasteiger partial charge in [-0.2, -0.15) is 0 Å². The summed E-state index contributed by atoms with van der Waals surface area (Å²) in [6.07, 6.45) is 0. The van der Waals surface area contributed by atoms with Crippen LogP contribution in [0, 0.1) is 11.6 Å². The molecule has 0 N–H and O–H groups in total. The number of benzene rings is 1. The van der Waals surface area contributed by atoms with Crippen molar-refractivity contribution >= 4 is 8.58 Å². The molecule has 1 heteroatoms. The Hall–Kier alpha value is -0.790. The summed E-state index contributed by atoms with van der Waals surface area (Å²) < 4.78 is 0. The van der Waals surface area contributed by atoms with E-state index in [-0.39, 0.29) is 0 Å². The van der Waals surface area contributed by atoms with Gasteiger partial charge in [-0.25, -0.2) is 0 Å². The van der Waals surface area contributed by atoms with Gasteiger partial charge in [0, 0.05) is 5.56 Å². The van der Waals surface area contributed by atoms with Crippen LogP contribution in [0.4, 0.5) is 0 Å². The van der Waals surface area contributed by atoms with E-state index < -0.39 is 0 Å². The summed E-state index contributed by atoms with van der Waals surface area (Å²) >= 11 is 0. The van der Waals surface area contributed by atoms with Gasteiger partial charge < -0.3 is 0 Å². The normalized spacial score (nSPS) is 11.3. The highest BCUT2D eigenvalue weighted by molar-refractivity contribution is 7.45. The summed E-state index contributed by atoms with van der Waals surface area (Å²) in [5.74, 6) is 3.16. The average Bonchev–Trinajstić information content (AvgIpc) is 2.04. The van der Waals surface area contributed by atoms with Crippen molar-refractivity contribution in [3.05, 3.63) is 35.9 Å². The highest BCUT2D eigenvalue weighted by Crippen LogP contribution is 2.28. The van der Waals surface area contributed by atoms with E-state index in [9.17, 15) is 0 Å². The van der Waals surface area contributed by atoms with Crippen LogP contribution in [0.1, 0.15) is 26.3 Å². The van der Waals surface area contributed by atoms with Crippen molar-refractivity contribution in [2.24, 2.45) is 0 Å². The van der Waals surface area contributed by atoms with Crippen LogP contribution >= 0.6 is 8.58 Å². The topological polar surface area (TPSA) is 0 Å². The van der Waals surface area contributed by atoms with Gasteiger partial charge in [0.05, 0.1) is 0 Å². The first kappa shape index (κ1) is 10.3. The quantitative estimate of drug-likeness (QED) is 0.434. The van der Waals surface area contributed by atoms with Crippen molar-refractivity contribution in [1.82, 2.24) is 0 Å². The van der Waals surface area contributed by atoms with Crippen LogP contribution in [0.25, 0.3) is 0 Å². The summed E-state index contributed by atoms with van der Waals surface area (Å²) in [5, 5.41) is 0.335. The molecule has 0 fully saturated rings. The molecule has 0 aliphatic rings. The van der Waals surface area contributed by atoms with Gasteiger partial charge in [-0.1, -0.05) is 50.6 Å². The molecule has 0 aromatic heterocycles. The monoisotopic (exact) mass is 190 g/mol. The third-order valence-electron chi connectivity index (χ3n) is 1.42. The molecule has 68 valence electrons. The standard InChI is InChI=1S/C12H15P/c1-12(2,3)13-10-9-11-7-5-4-6-8-11/h4-8,13H,1-3H3. The Bertz CT molecular complexity index is 308. The molecule has 1 unspecified atom stereocenters. The summed E-state index contributed by atoms with van der Waals surface area (Å²) in [5.41, 5.74) is 4.33. The Morgan fingerprint density at radius 1 is 1.08 bits per heavy atom. The van der Waals surface area contributed by atoms with Gasteiger partial charge in [-0.15, -0.1) is 0 Å². The van der Waals surface area contributed by atoms with Gasteiger partial charge >= 0.3 is 0 Å². The first-order valence-electron chi connectivity index (χ1n) is 4.41. The largest absolute Gasteiger partial charge is 0.0741 e. The van der Waals surface area contributed by atoms with Crippen molar-refractivity contribution in [3.8, 4) is 11.6 Å². The van der Waals surface area contributed by atoms with Crippen LogP contribution in [0.2, 0.25) is 0 Å². The number of rotatable bonds is 0.